The van der Waals surface area contributed by atoms with Crippen molar-refractivity contribution in [3.05, 3.63) is 30.5 Å². The minimum Gasteiger partial charge on any atom is -0.506 e. The fraction of sp³-hybridized carbons (Fsp3) is 0.154. The van der Waals surface area contributed by atoms with E-state index in [1.807, 2.05) is 22.6 Å². The van der Waals surface area contributed by atoms with Gasteiger partial charge in [-0.05, 0) is 63.4 Å². The summed E-state index contributed by atoms with van der Waals surface area (Å²) in [5.41, 5.74) is 0.391. The zero-order chi connectivity index (χ0) is 16.4. The summed E-state index contributed by atoms with van der Waals surface area (Å²) in [4.78, 5) is 35.8. The van der Waals surface area contributed by atoms with Crippen molar-refractivity contribution in [1.82, 2.24) is 10.2 Å². The van der Waals surface area contributed by atoms with Crippen LogP contribution >= 0.6 is 45.2 Å². The van der Waals surface area contributed by atoms with Gasteiger partial charge in [0, 0.05) is 9.13 Å². The van der Waals surface area contributed by atoms with Crippen LogP contribution in [0.2, 0.25) is 0 Å². The molecule has 1 aromatic carbocycles. The molecule has 0 radical (unpaired) electrons. The molecule has 1 saturated heterocycles. The molecule has 2 N–H and O–H groups in total. The first-order valence-corrected chi connectivity index (χ1v) is 8.08. The van der Waals surface area contributed by atoms with E-state index in [0.717, 1.165) is 8.47 Å². The number of carbonyl (C=O) groups excluding carboxylic acids is 3. The standard InChI is InChI=1S/C13H10I2N2O5/c1-22-10(18)5-17-12(20)9(16-13(17)21)3-6-2-7(14)4-8(15)11(6)19/h2-4,19H,5H2,1H3,(H,16,21)/b9-3+. The Labute approximate surface area is 153 Å². The van der Waals surface area contributed by atoms with Gasteiger partial charge in [0.1, 0.15) is 18.0 Å². The number of ether oxygens (including phenoxy) is 1. The van der Waals surface area contributed by atoms with Crippen LogP contribution < -0.4 is 5.32 Å². The lowest BCUT2D eigenvalue weighted by molar-refractivity contribution is -0.143. The average Bonchev–Trinajstić information content (AvgIpc) is 2.71. The molecule has 2 rings (SSSR count). The Kier molecular flexibility index (Phi) is 5.26. The van der Waals surface area contributed by atoms with Gasteiger partial charge >= 0.3 is 12.0 Å². The largest absolute Gasteiger partial charge is 0.506 e. The molecule has 0 spiro atoms. The van der Waals surface area contributed by atoms with Crippen molar-refractivity contribution in [3.8, 4) is 5.75 Å². The van der Waals surface area contributed by atoms with Crippen molar-refractivity contribution in [2.45, 2.75) is 0 Å². The van der Waals surface area contributed by atoms with Crippen molar-refractivity contribution in [1.29, 1.82) is 0 Å². The molecule has 0 atom stereocenters. The number of amides is 3. The van der Waals surface area contributed by atoms with E-state index in [2.05, 4.69) is 32.6 Å². The lowest BCUT2D eigenvalue weighted by Crippen LogP contribution is -2.36. The molecule has 22 heavy (non-hydrogen) atoms. The van der Waals surface area contributed by atoms with Crippen LogP contribution in [0.25, 0.3) is 6.08 Å². The van der Waals surface area contributed by atoms with Crippen LogP contribution in [0.15, 0.2) is 17.8 Å². The molecule has 1 heterocycles. The lowest BCUT2D eigenvalue weighted by Gasteiger charge is -2.09. The number of aromatic hydroxyl groups is 1. The molecular weight excluding hydrogens is 518 g/mol. The number of methoxy groups -OCH3 is 1. The highest BCUT2D eigenvalue weighted by Gasteiger charge is 2.35. The van der Waals surface area contributed by atoms with Gasteiger partial charge in [-0.1, -0.05) is 0 Å². The SMILES string of the molecule is COC(=O)CN1C(=O)N/C(=C/c2cc(I)cc(I)c2O)C1=O. The fourth-order valence-electron chi connectivity index (χ4n) is 1.76. The van der Waals surface area contributed by atoms with Crippen LogP contribution in [0, 0.1) is 7.14 Å². The predicted octanol–water partition coefficient (Wildman–Crippen LogP) is 1.67. The number of hydrogen-bond acceptors (Lipinski definition) is 5. The number of benzene rings is 1. The van der Waals surface area contributed by atoms with Crippen molar-refractivity contribution in [2.75, 3.05) is 13.7 Å². The van der Waals surface area contributed by atoms with Gasteiger partial charge in [-0.25, -0.2) is 9.69 Å². The zero-order valence-electron chi connectivity index (χ0n) is 11.2. The first kappa shape index (κ1) is 17.0. The van der Waals surface area contributed by atoms with Crippen LogP contribution in [0.4, 0.5) is 4.79 Å². The summed E-state index contributed by atoms with van der Waals surface area (Å²) in [5.74, 6) is -1.33. The number of esters is 1. The normalized spacial score (nSPS) is 16.1. The third-order valence-electron chi connectivity index (χ3n) is 2.83. The van der Waals surface area contributed by atoms with Gasteiger partial charge in [0.2, 0.25) is 0 Å². The maximum absolute atomic E-state index is 12.1. The van der Waals surface area contributed by atoms with E-state index < -0.39 is 24.5 Å². The molecule has 0 bridgehead atoms. The molecule has 1 fully saturated rings. The summed E-state index contributed by atoms with van der Waals surface area (Å²) < 4.78 is 5.93. The number of phenolic OH excluding ortho intramolecular Hbond substituents is 1. The third-order valence-corrected chi connectivity index (χ3v) is 4.28. The van der Waals surface area contributed by atoms with E-state index in [9.17, 15) is 19.5 Å². The summed E-state index contributed by atoms with van der Waals surface area (Å²) in [6, 6.07) is 2.74. The van der Waals surface area contributed by atoms with Crippen LogP contribution in [-0.2, 0) is 14.3 Å². The Morgan fingerprint density at radius 1 is 1.41 bits per heavy atom. The second kappa shape index (κ2) is 6.81. The first-order valence-electron chi connectivity index (χ1n) is 5.93. The van der Waals surface area contributed by atoms with Gasteiger partial charge in [0.05, 0.1) is 10.7 Å². The Morgan fingerprint density at radius 3 is 2.73 bits per heavy atom. The fourth-order valence-corrected chi connectivity index (χ4v) is 3.65. The number of carbonyl (C=O) groups is 3. The lowest BCUT2D eigenvalue weighted by atomic mass is 10.1. The molecule has 0 aromatic heterocycles. The highest BCUT2D eigenvalue weighted by molar-refractivity contribution is 14.1. The molecule has 0 saturated carbocycles. The van der Waals surface area contributed by atoms with Crippen LogP contribution in [0.3, 0.4) is 0 Å². The van der Waals surface area contributed by atoms with E-state index in [1.54, 1.807) is 12.1 Å². The summed E-state index contributed by atoms with van der Waals surface area (Å²) in [6.45, 7) is -0.464. The quantitative estimate of drug-likeness (QED) is 0.270. The maximum atomic E-state index is 12.1. The van der Waals surface area contributed by atoms with Gasteiger partial charge in [0.25, 0.3) is 5.91 Å². The monoisotopic (exact) mass is 528 g/mol. The maximum Gasteiger partial charge on any atom is 0.329 e. The Morgan fingerprint density at radius 2 is 2.09 bits per heavy atom. The predicted molar refractivity (Wildman–Crippen MR) is 93.8 cm³/mol. The Bertz CT molecular complexity index is 702. The molecule has 9 heteroatoms. The van der Waals surface area contributed by atoms with Gasteiger partial charge in [-0.15, -0.1) is 0 Å². The average molecular weight is 528 g/mol. The molecule has 0 aliphatic carbocycles. The van der Waals surface area contributed by atoms with Crippen molar-refractivity contribution < 1.29 is 24.2 Å². The Hall–Kier alpha value is -1.37. The van der Waals surface area contributed by atoms with Crippen molar-refractivity contribution >= 4 is 69.2 Å². The summed E-state index contributed by atoms with van der Waals surface area (Å²) >= 11 is 4.05. The van der Waals surface area contributed by atoms with Gasteiger partial charge in [0.15, 0.2) is 0 Å². The van der Waals surface area contributed by atoms with E-state index in [0.29, 0.717) is 9.13 Å². The van der Waals surface area contributed by atoms with Crippen LogP contribution in [0.5, 0.6) is 5.75 Å². The zero-order valence-corrected chi connectivity index (χ0v) is 15.5. The van der Waals surface area contributed by atoms with Gasteiger partial charge in [-0.3, -0.25) is 9.59 Å². The van der Waals surface area contributed by atoms with Gasteiger partial charge < -0.3 is 15.2 Å². The highest BCUT2D eigenvalue weighted by Crippen LogP contribution is 2.29. The number of nitrogens with zero attached hydrogens (tertiary/aromatic N) is 1. The number of rotatable bonds is 3. The molecule has 7 nitrogen and oxygen atoms in total. The summed E-state index contributed by atoms with van der Waals surface area (Å²) in [5, 5.41) is 12.4. The third kappa shape index (κ3) is 3.51. The summed E-state index contributed by atoms with van der Waals surface area (Å²) in [6.07, 6.45) is 1.37. The van der Waals surface area contributed by atoms with Crippen molar-refractivity contribution in [3.63, 3.8) is 0 Å². The number of halogens is 2. The molecule has 116 valence electrons. The van der Waals surface area contributed by atoms with Crippen LogP contribution in [0.1, 0.15) is 5.56 Å². The highest BCUT2D eigenvalue weighted by atomic mass is 127. The minimum atomic E-state index is -0.707. The Balaban J connectivity index is 2.33. The number of phenols is 1. The number of imide groups is 1. The second-order valence-corrected chi connectivity index (χ2v) is 6.69. The topological polar surface area (TPSA) is 95.9 Å². The molecule has 1 aliphatic heterocycles. The number of hydrogen-bond donors (Lipinski definition) is 2. The first-order chi connectivity index (χ1) is 10.3. The molecular formula is C13H10I2N2O5. The molecule has 1 aromatic rings. The van der Waals surface area contributed by atoms with E-state index >= 15 is 0 Å². The van der Waals surface area contributed by atoms with Crippen molar-refractivity contribution in [2.24, 2.45) is 0 Å². The smallest absolute Gasteiger partial charge is 0.329 e. The van der Waals surface area contributed by atoms with Gasteiger partial charge in [-0.2, -0.15) is 0 Å². The second-order valence-electron chi connectivity index (χ2n) is 4.28. The van der Waals surface area contributed by atoms with E-state index in [1.165, 1.54) is 13.2 Å². The molecule has 0 unspecified atom stereocenters. The van der Waals surface area contributed by atoms with E-state index in [4.69, 9.17) is 0 Å². The number of nitrogens with one attached hydrogen (secondary N) is 1. The van der Waals surface area contributed by atoms with E-state index in [-0.39, 0.29) is 11.4 Å². The molecule has 3 amide bonds. The van der Waals surface area contributed by atoms with Crippen LogP contribution in [-0.4, -0.2) is 41.6 Å². The molecule has 1 aliphatic rings. The summed E-state index contributed by atoms with van der Waals surface area (Å²) in [7, 11) is 1.17. The minimum absolute atomic E-state index is 0.0120. The number of urea groups is 1.